The molecule has 2 aromatic carbocycles. The maximum Gasteiger partial charge on any atom is 0.187 e. The molecule has 30 heavy (non-hydrogen) atoms. The number of nitrogens with zero attached hydrogens (tertiary/aromatic N) is 2. The fourth-order valence-electron chi connectivity index (χ4n) is 3.49. The van der Waals surface area contributed by atoms with Crippen LogP contribution in [-0.2, 0) is 11.3 Å². The van der Waals surface area contributed by atoms with Gasteiger partial charge in [0.1, 0.15) is 11.6 Å². The zero-order chi connectivity index (χ0) is 20.9. The fourth-order valence-corrected chi connectivity index (χ4v) is 3.49. The molecule has 3 aromatic rings. The molecule has 3 nitrogen and oxygen atoms in total. The molecule has 2 heterocycles. The lowest BCUT2D eigenvalue weighted by molar-refractivity contribution is -0.113. The van der Waals surface area contributed by atoms with E-state index in [0.29, 0.717) is 30.8 Å². The van der Waals surface area contributed by atoms with E-state index in [0.717, 1.165) is 16.7 Å². The molecule has 0 aliphatic carbocycles. The summed E-state index contributed by atoms with van der Waals surface area (Å²) in [5, 5.41) is 0. The summed E-state index contributed by atoms with van der Waals surface area (Å²) in [6, 6.07) is 16.0. The van der Waals surface area contributed by atoms with Gasteiger partial charge in [-0.1, -0.05) is 30.3 Å². The van der Waals surface area contributed by atoms with E-state index in [9.17, 15) is 13.6 Å². The van der Waals surface area contributed by atoms with Gasteiger partial charge < -0.3 is 0 Å². The molecule has 4 rings (SSSR count). The number of Topliss-reactive ketones (excluding diaryl/α,β-unsaturated/α-hetero) is 1. The molecule has 1 fully saturated rings. The van der Waals surface area contributed by atoms with E-state index in [1.165, 1.54) is 24.3 Å². The number of carbonyl (C=O) groups excluding carboxylic acids is 1. The quantitative estimate of drug-likeness (QED) is 0.582. The van der Waals surface area contributed by atoms with Crippen LogP contribution in [0.3, 0.4) is 0 Å². The highest BCUT2D eigenvalue weighted by atomic mass is 19.1. The Morgan fingerprint density at radius 3 is 1.83 bits per heavy atom. The van der Waals surface area contributed by atoms with E-state index in [1.807, 2.05) is 18.3 Å². The standard InChI is InChI=1S/C25H20F2N2O/c26-23-7-3-18(4-8-23)12-21-16-29(15-20-2-1-11-28-14-20)17-22(25(21)30)13-19-5-9-24(27)10-6-19/h1-14H,15-17H2/b21-12-,22-13+. The van der Waals surface area contributed by atoms with Crippen molar-refractivity contribution in [3.8, 4) is 0 Å². The third-order valence-corrected chi connectivity index (χ3v) is 4.92. The lowest BCUT2D eigenvalue weighted by atomic mass is 9.94. The number of benzene rings is 2. The fraction of sp³-hybridized carbons (Fsp3) is 0.120. The van der Waals surface area contributed by atoms with Gasteiger partial charge in [0.2, 0.25) is 0 Å². The molecule has 1 aliphatic heterocycles. The SMILES string of the molecule is O=C1/C(=C\c2ccc(F)cc2)CN(Cc2cccnc2)C/C1=C\c1ccc(F)cc1. The highest BCUT2D eigenvalue weighted by Gasteiger charge is 2.26. The van der Waals surface area contributed by atoms with Crippen molar-refractivity contribution in [1.82, 2.24) is 9.88 Å². The second kappa shape index (κ2) is 8.93. The van der Waals surface area contributed by atoms with Gasteiger partial charge in [-0.05, 0) is 59.2 Å². The second-order valence-electron chi connectivity index (χ2n) is 7.28. The van der Waals surface area contributed by atoms with Crippen LogP contribution in [0, 0.1) is 11.6 Å². The normalized spacial score (nSPS) is 17.6. The molecule has 0 spiro atoms. The zero-order valence-electron chi connectivity index (χ0n) is 16.3. The Labute approximate surface area is 174 Å². The topological polar surface area (TPSA) is 33.2 Å². The number of hydrogen-bond donors (Lipinski definition) is 0. The molecule has 5 heteroatoms. The van der Waals surface area contributed by atoms with Crippen LogP contribution >= 0.6 is 0 Å². The van der Waals surface area contributed by atoms with Crippen molar-refractivity contribution in [2.24, 2.45) is 0 Å². The van der Waals surface area contributed by atoms with Gasteiger partial charge in [-0.25, -0.2) is 8.78 Å². The van der Waals surface area contributed by atoms with Crippen molar-refractivity contribution in [1.29, 1.82) is 0 Å². The number of aromatic nitrogens is 1. The molecule has 1 saturated heterocycles. The number of carbonyl (C=O) groups is 1. The number of rotatable bonds is 4. The third kappa shape index (κ3) is 4.93. The summed E-state index contributed by atoms with van der Waals surface area (Å²) >= 11 is 0. The lowest BCUT2D eigenvalue weighted by Crippen LogP contribution is -2.37. The molecule has 0 saturated carbocycles. The van der Waals surface area contributed by atoms with E-state index in [2.05, 4.69) is 9.88 Å². The van der Waals surface area contributed by atoms with Crippen LogP contribution in [0.15, 0.2) is 84.2 Å². The molecule has 1 aliphatic rings. The van der Waals surface area contributed by atoms with E-state index in [4.69, 9.17) is 0 Å². The Morgan fingerprint density at radius 1 is 0.833 bits per heavy atom. The molecule has 0 bridgehead atoms. The molecule has 0 amide bonds. The van der Waals surface area contributed by atoms with Crippen LogP contribution in [0.5, 0.6) is 0 Å². The van der Waals surface area contributed by atoms with Crippen LogP contribution in [0.1, 0.15) is 16.7 Å². The van der Waals surface area contributed by atoms with Gasteiger partial charge in [-0.3, -0.25) is 14.7 Å². The summed E-state index contributed by atoms with van der Waals surface area (Å²) in [7, 11) is 0. The molecular formula is C25H20F2N2O. The van der Waals surface area contributed by atoms with E-state index < -0.39 is 0 Å². The first-order chi connectivity index (χ1) is 14.6. The van der Waals surface area contributed by atoms with Gasteiger partial charge in [0.05, 0.1) is 0 Å². The summed E-state index contributed by atoms with van der Waals surface area (Å²) in [6.07, 6.45) is 7.14. The molecule has 0 radical (unpaired) electrons. The van der Waals surface area contributed by atoms with Crippen molar-refractivity contribution in [3.05, 3.63) is 113 Å². The first-order valence-electron chi connectivity index (χ1n) is 9.65. The Morgan fingerprint density at radius 2 is 1.37 bits per heavy atom. The van der Waals surface area contributed by atoms with Gasteiger partial charge in [-0.15, -0.1) is 0 Å². The molecular weight excluding hydrogens is 382 g/mol. The number of pyridine rings is 1. The molecule has 150 valence electrons. The predicted molar refractivity (Wildman–Crippen MR) is 113 cm³/mol. The summed E-state index contributed by atoms with van der Waals surface area (Å²) in [5.74, 6) is -0.685. The minimum absolute atomic E-state index is 0.0499. The Kier molecular flexibility index (Phi) is 5.91. The van der Waals surface area contributed by atoms with Gasteiger partial charge in [0.25, 0.3) is 0 Å². The number of piperidine rings is 1. The number of halogens is 2. The summed E-state index contributed by atoms with van der Waals surface area (Å²) < 4.78 is 26.5. The number of likely N-dealkylation sites (tertiary alicyclic amines) is 1. The van der Waals surface area contributed by atoms with Crippen LogP contribution in [0.25, 0.3) is 12.2 Å². The minimum Gasteiger partial charge on any atom is -0.290 e. The van der Waals surface area contributed by atoms with Crippen LogP contribution in [0.2, 0.25) is 0 Å². The summed E-state index contributed by atoms with van der Waals surface area (Å²) in [5.41, 5.74) is 3.84. The maximum absolute atomic E-state index is 13.2. The number of ketones is 1. The number of hydrogen-bond acceptors (Lipinski definition) is 3. The summed E-state index contributed by atoms with van der Waals surface area (Å²) in [6.45, 7) is 1.60. The van der Waals surface area contributed by atoms with Gasteiger partial charge in [0.15, 0.2) is 5.78 Å². The summed E-state index contributed by atoms with van der Waals surface area (Å²) in [4.78, 5) is 19.5. The smallest absolute Gasteiger partial charge is 0.187 e. The minimum atomic E-state index is -0.317. The van der Waals surface area contributed by atoms with Gasteiger partial charge in [0, 0.05) is 43.2 Å². The predicted octanol–water partition coefficient (Wildman–Crippen LogP) is 4.91. The first kappa shape index (κ1) is 19.9. The average molecular weight is 402 g/mol. The van der Waals surface area contributed by atoms with E-state index in [1.54, 1.807) is 42.6 Å². The highest BCUT2D eigenvalue weighted by Crippen LogP contribution is 2.23. The molecule has 0 unspecified atom stereocenters. The Hall–Kier alpha value is -3.44. The van der Waals surface area contributed by atoms with Crippen molar-refractivity contribution in [3.63, 3.8) is 0 Å². The molecule has 1 aromatic heterocycles. The van der Waals surface area contributed by atoms with E-state index >= 15 is 0 Å². The largest absolute Gasteiger partial charge is 0.290 e. The van der Waals surface area contributed by atoms with Crippen molar-refractivity contribution in [2.45, 2.75) is 6.54 Å². The zero-order valence-corrected chi connectivity index (χ0v) is 16.3. The van der Waals surface area contributed by atoms with Gasteiger partial charge >= 0.3 is 0 Å². The van der Waals surface area contributed by atoms with Crippen molar-refractivity contribution < 1.29 is 13.6 Å². The van der Waals surface area contributed by atoms with Crippen molar-refractivity contribution in [2.75, 3.05) is 13.1 Å². The lowest BCUT2D eigenvalue weighted by Gasteiger charge is -2.29. The first-order valence-corrected chi connectivity index (χ1v) is 9.65. The molecule has 0 N–H and O–H groups in total. The Bertz CT molecular complexity index is 1020. The second-order valence-corrected chi connectivity index (χ2v) is 7.28. The van der Waals surface area contributed by atoms with Crippen LogP contribution in [-0.4, -0.2) is 28.8 Å². The molecule has 0 atom stereocenters. The van der Waals surface area contributed by atoms with Gasteiger partial charge in [-0.2, -0.15) is 0 Å². The van der Waals surface area contributed by atoms with Crippen LogP contribution < -0.4 is 0 Å². The monoisotopic (exact) mass is 402 g/mol. The van der Waals surface area contributed by atoms with Crippen molar-refractivity contribution >= 4 is 17.9 Å². The highest BCUT2D eigenvalue weighted by molar-refractivity contribution is 6.14. The average Bonchev–Trinajstić information content (AvgIpc) is 2.75. The third-order valence-electron chi connectivity index (χ3n) is 4.92. The maximum atomic E-state index is 13.2. The Balaban J connectivity index is 1.67. The van der Waals surface area contributed by atoms with E-state index in [-0.39, 0.29) is 17.4 Å². The van der Waals surface area contributed by atoms with Crippen LogP contribution in [0.4, 0.5) is 8.78 Å².